The molecular formula is C9H12ClN3O2. The first-order valence-corrected chi connectivity index (χ1v) is 5.18. The Kier molecular flexibility index (Phi) is 2.67. The van der Waals surface area contributed by atoms with Crippen molar-refractivity contribution in [2.24, 2.45) is 0 Å². The molecule has 1 saturated carbocycles. The molecule has 0 unspecified atom stereocenters. The maximum Gasteiger partial charge on any atom is 0.271 e. The molecule has 15 heavy (non-hydrogen) atoms. The van der Waals surface area contributed by atoms with Crippen LogP contribution in [-0.4, -0.2) is 27.2 Å². The summed E-state index contributed by atoms with van der Waals surface area (Å²) in [6, 6.07) is 0. The average Bonchev–Trinajstić information content (AvgIpc) is 2.17. The van der Waals surface area contributed by atoms with Crippen LogP contribution in [0.15, 0.2) is 11.1 Å². The third-order valence-corrected chi connectivity index (χ3v) is 3.02. The monoisotopic (exact) mass is 229 g/mol. The van der Waals surface area contributed by atoms with Gasteiger partial charge in [0.25, 0.3) is 5.56 Å². The average molecular weight is 230 g/mol. The topological polar surface area (TPSA) is 78.0 Å². The summed E-state index contributed by atoms with van der Waals surface area (Å²) in [6.45, 7) is 0.378. The van der Waals surface area contributed by atoms with Crippen LogP contribution in [0.2, 0.25) is 5.02 Å². The third-order valence-electron chi connectivity index (χ3n) is 2.67. The van der Waals surface area contributed by atoms with Crippen LogP contribution in [0.3, 0.4) is 0 Å². The van der Waals surface area contributed by atoms with Crippen molar-refractivity contribution in [2.75, 3.05) is 11.9 Å². The molecule has 0 saturated heterocycles. The van der Waals surface area contributed by atoms with Crippen LogP contribution in [0.25, 0.3) is 0 Å². The summed E-state index contributed by atoms with van der Waals surface area (Å²) in [5, 5.41) is 12.7. The highest BCUT2D eigenvalue weighted by molar-refractivity contribution is 6.32. The lowest BCUT2D eigenvalue weighted by Crippen LogP contribution is -2.43. The zero-order valence-corrected chi connectivity index (χ0v) is 8.84. The van der Waals surface area contributed by atoms with Gasteiger partial charge in [0.2, 0.25) is 0 Å². The molecule has 1 heterocycles. The molecule has 0 radical (unpaired) electrons. The fraction of sp³-hybridized carbons (Fsp3) is 0.556. The summed E-state index contributed by atoms with van der Waals surface area (Å²) in [5.74, 6) is 0.320. The van der Waals surface area contributed by atoms with Crippen LogP contribution in [0.4, 0.5) is 5.82 Å². The number of aliphatic hydroxyl groups is 1. The first-order valence-electron chi connectivity index (χ1n) is 4.80. The van der Waals surface area contributed by atoms with Gasteiger partial charge in [0.1, 0.15) is 5.02 Å². The Morgan fingerprint density at radius 3 is 3.00 bits per heavy atom. The van der Waals surface area contributed by atoms with E-state index in [0.29, 0.717) is 12.4 Å². The van der Waals surface area contributed by atoms with Gasteiger partial charge in [0.15, 0.2) is 5.82 Å². The Morgan fingerprint density at radius 1 is 1.67 bits per heavy atom. The van der Waals surface area contributed by atoms with Crippen LogP contribution >= 0.6 is 11.6 Å². The van der Waals surface area contributed by atoms with E-state index in [1.165, 1.54) is 6.33 Å². The summed E-state index contributed by atoms with van der Waals surface area (Å²) in [6.07, 6.45) is 3.87. The lowest BCUT2D eigenvalue weighted by atomic mass is 9.80. The molecule has 3 N–H and O–H groups in total. The van der Waals surface area contributed by atoms with Crippen molar-refractivity contribution < 1.29 is 5.11 Å². The highest BCUT2D eigenvalue weighted by Crippen LogP contribution is 2.31. The van der Waals surface area contributed by atoms with Gasteiger partial charge in [-0.25, -0.2) is 4.98 Å². The number of nitrogens with zero attached hydrogens (tertiary/aromatic N) is 1. The summed E-state index contributed by atoms with van der Waals surface area (Å²) in [5.41, 5.74) is -1.04. The first-order chi connectivity index (χ1) is 7.11. The zero-order chi connectivity index (χ0) is 10.9. The van der Waals surface area contributed by atoms with Gasteiger partial charge >= 0.3 is 0 Å². The third kappa shape index (κ3) is 2.13. The Labute approximate surface area is 91.5 Å². The molecule has 1 aliphatic rings. The number of nitrogens with one attached hydrogen (secondary N) is 2. The molecule has 6 heteroatoms. The van der Waals surface area contributed by atoms with E-state index >= 15 is 0 Å². The second-order valence-corrected chi connectivity index (χ2v) is 4.20. The van der Waals surface area contributed by atoms with Crippen molar-refractivity contribution in [3.05, 3.63) is 21.7 Å². The number of hydrogen-bond acceptors (Lipinski definition) is 4. The molecule has 1 aromatic rings. The molecule has 0 spiro atoms. The maximum atomic E-state index is 11.1. The van der Waals surface area contributed by atoms with Crippen molar-refractivity contribution in [1.82, 2.24) is 9.97 Å². The number of aromatic amines is 1. The van der Waals surface area contributed by atoms with Gasteiger partial charge in [-0.05, 0) is 19.3 Å². The molecule has 1 aromatic heterocycles. The molecule has 0 bridgehead atoms. The fourth-order valence-electron chi connectivity index (χ4n) is 1.52. The number of halogens is 1. The van der Waals surface area contributed by atoms with Gasteiger partial charge < -0.3 is 15.4 Å². The molecule has 1 aliphatic carbocycles. The van der Waals surface area contributed by atoms with E-state index in [4.69, 9.17) is 11.6 Å². The van der Waals surface area contributed by atoms with Crippen LogP contribution in [0, 0.1) is 0 Å². The van der Waals surface area contributed by atoms with Crippen LogP contribution < -0.4 is 10.9 Å². The van der Waals surface area contributed by atoms with Crippen molar-refractivity contribution >= 4 is 17.4 Å². The summed E-state index contributed by atoms with van der Waals surface area (Å²) < 4.78 is 0. The Bertz CT molecular complexity index is 414. The van der Waals surface area contributed by atoms with E-state index < -0.39 is 5.60 Å². The number of hydrogen-bond donors (Lipinski definition) is 3. The lowest BCUT2D eigenvalue weighted by Gasteiger charge is -2.36. The molecule has 0 aliphatic heterocycles. The number of anilines is 1. The van der Waals surface area contributed by atoms with E-state index in [1.54, 1.807) is 0 Å². The van der Waals surface area contributed by atoms with E-state index in [0.717, 1.165) is 19.3 Å². The standard InChI is InChI=1S/C9H12ClN3O2/c10-6-7(12-5-13-8(6)14)11-4-9(15)2-1-3-9/h5,15H,1-4H2,(H2,11,12,13,14). The summed E-state index contributed by atoms with van der Waals surface area (Å²) in [4.78, 5) is 17.4. The molecule has 82 valence electrons. The molecule has 0 aromatic carbocycles. The first kappa shape index (κ1) is 10.4. The van der Waals surface area contributed by atoms with Crippen LogP contribution in [-0.2, 0) is 0 Å². The lowest BCUT2D eigenvalue weighted by molar-refractivity contribution is -0.0202. The normalized spacial score (nSPS) is 18.3. The molecule has 2 rings (SSSR count). The predicted molar refractivity (Wildman–Crippen MR) is 57.2 cm³/mol. The Morgan fingerprint density at radius 2 is 2.40 bits per heavy atom. The van der Waals surface area contributed by atoms with Crippen molar-refractivity contribution in [1.29, 1.82) is 0 Å². The second kappa shape index (κ2) is 3.83. The van der Waals surface area contributed by atoms with Crippen LogP contribution in [0.5, 0.6) is 0 Å². The number of aromatic nitrogens is 2. The Balaban J connectivity index is 2.05. The molecule has 1 fully saturated rings. The van der Waals surface area contributed by atoms with Crippen molar-refractivity contribution in [2.45, 2.75) is 24.9 Å². The van der Waals surface area contributed by atoms with Gasteiger partial charge in [-0.1, -0.05) is 11.6 Å². The number of rotatable bonds is 3. The van der Waals surface area contributed by atoms with Gasteiger partial charge in [-0.15, -0.1) is 0 Å². The zero-order valence-electron chi connectivity index (χ0n) is 8.09. The van der Waals surface area contributed by atoms with Gasteiger partial charge in [-0.2, -0.15) is 0 Å². The van der Waals surface area contributed by atoms with E-state index in [9.17, 15) is 9.90 Å². The second-order valence-electron chi connectivity index (χ2n) is 3.83. The predicted octanol–water partition coefficient (Wildman–Crippen LogP) is 0.750. The van der Waals surface area contributed by atoms with Gasteiger partial charge in [0, 0.05) is 6.54 Å². The van der Waals surface area contributed by atoms with Gasteiger partial charge in [0.05, 0.1) is 11.9 Å². The summed E-state index contributed by atoms with van der Waals surface area (Å²) >= 11 is 5.73. The smallest absolute Gasteiger partial charge is 0.271 e. The molecule has 0 atom stereocenters. The minimum absolute atomic E-state index is 0.0282. The van der Waals surface area contributed by atoms with E-state index in [1.807, 2.05) is 0 Å². The van der Waals surface area contributed by atoms with E-state index in [-0.39, 0.29) is 10.6 Å². The molecular weight excluding hydrogens is 218 g/mol. The fourth-order valence-corrected chi connectivity index (χ4v) is 1.69. The van der Waals surface area contributed by atoms with Crippen molar-refractivity contribution in [3.63, 3.8) is 0 Å². The van der Waals surface area contributed by atoms with Gasteiger partial charge in [-0.3, -0.25) is 4.79 Å². The minimum Gasteiger partial charge on any atom is -0.388 e. The summed E-state index contributed by atoms with van der Waals surface area (Å²) in [7, 11) is 0. The van der Waals surface area contributed by atoms with Crippen molar-refractivity contribution in [3.8, 4) is 0 Å². The SMILES string of the molecule is O=c1[nH]cnc(NCC2(O)CCC2)c1Cl. The molecule has 5 nitrogen and oxygen atoms in total. The van der Waals surface area contributed by atoms with Crippen LogP contribution in [0.1, 0.15) is 19.3 Å². The highest BCUT2D eigenvalue weighted by Gasteiger charge is 2.34. The highest BCUT2D eigenvalue weighted by atomic mass is 35.5. The van der Waals surface area contributed by atoms with E-state index in [2.05, 4.69) is 15.3 Å². The quantitative estimate of drug-likeness (QED) is 0.715. The maximum absolute atomic E-state index is 11.1. The number of H-pyrrole nitrogens is 1. The molecule has 0 amide bonds. The Hall–Kier alpha value is -1.07. The largest absolute Gasteiger partial charge is 0.388 e. The minimum atomic E-state index is -0.659.